The van der Waals surface area contributed by atoms with Crippen LogP contribution in [-0.2, 0) is 19.0 Å². The van der Waals surface area contributed by atoms with Gasteiger partial charge in [-0.1, -0.05) is 49.2 Å². The van der Waals surface area contributed by atoms with Gasteiger partial charge in [0.2, 0.25) is 17.6 Å². The lowest BCUT2D eigenvalue weighted by Crippen LogP contribution is -2.48. The fraction of sp³-hybridized carbons (Fsp3) is 0.377. The van der Waals surface area contributed by atoms with Gasteiger partial charge in [-0.3, -0.25) is 14.0 Å². The Labute approximate surface area is 412 Å². The highest BCUT2D eigenvalue weighted by Crippen LogP contribution is 2.42. The number of aliphatic hydroxyl groups is 1. The zero-order valence-corrected chi connectivity index (χ0v) is 40.1. The molecular formula is C53H61N11O7. The van der Waals surface area contributed by atoms with E-state index in [1.165, 1.54) is 0 Å². The summed E-state index contributed by atoms with van der Waals surface area (Å²) in [6.07, 6.45) is 7.45. The molecule has 18 heteroatoms. The van der Waals surface area contributed by atoms with Gasteiger partial charge in [-0.2, -0.15) is 0 Å². The fourth-order valence-corrected chi connectivity index (χ4v) is 9.40. The molecule has 0 spiro atoms. The number of hydrogen-bond donors (Lipinski definition) is 5. The number of carbonyl (C=O) groups excluding carboxylic acids is 2. The molecule has 1 saturated carbocycles. The average Bonchev–Trinajstić information content (AvgIpc) is 3.97. The molecule has 1 aliphatic carbocycles. The van der Waals surface area contributed by atoms with Crippen molar-refractivity contribution in [3.05, 3.63) is 132 Å². The van der Waals surface area contributed by atoms with Crippen LogP contribution in [0.4, 0.5) is 17.2 Å². The van der Waals surface area contributed by atoms with Crippen molar-refractivity contribution in [1.82, 2.24) is 40.0 Å². The van der Waals surface area contributed by atoms with E-state index in [1.54, 1.807) is 24.4 Å². The highest BCUT2D eigenvalue weighted by Gasteiger charge is 2.46. The van der Waals surface area contributed by atoms with Gasteiger partial charge in [-0.05, 0) is 98.7 Å². The Balaban J connectivity index is 0.653. The summed E-state index contributed by atoms with van der Waals surface area (Å²) < 4.78 is 24.7. The maximum absolute atomic E-state index is 13.8. The summed E-state index contributed by atoms with van der Waals surface area (Å²) >= 11 is 0. The number of para-hydroxylation sites is 2. The average molecular weight is 964 g/mol. The first-order chi connectivity index (χ1) is 34.7. The second-order valence-electron chi connectivity index (χ2n) is 17.9. The molecule has 370 valence electrons. The maximum atomic E-state index is 13.8. The Morgan fingerprint density at radius 2 is 1.52 bits per heavy atom. The van der Waals surface area contributed by atoms with Crippen LogP contribution in [0.25, 0.3) is 27.9 Å². The van der Waals surface area contributed by atoms with Gasteiger partial charge in [0.1, 0.15) is 24.3 Å². The molecule has 4 aromatic heterocycles. The number of nitrogens with one attached hydrogen (secondary N) is 3. The van der Waals surface area contributed by atoms with Gasteiger partial charge in [0.25, 0.3) is 5.91 Å². The number of nitrogen functional groups attached to an aromatic ring is 1. The van der Waals surface area contributed by atoms with E-state index < -0.39 is 12.3 Å². The van der Waals surface area contributed by atoms with Crippen LogP contribution < -0.4 is 31.3 Å². The molecule has 7 aromatic rings. The molecule has 2 fully saturated rings. The van der Waals surface area contributed by atoms with Crippen LogP contribution >= 0.6 is 0 Å². The molecule has 5 heterocycles. The fourth-order valence-electron chi connectivity index (χ4n) is 9.40. The van der Waals surface area contributed by atoms with Crippen LogP contribution in [0.1, 0.15) is 78.9 Å². The second kappa shape index (κ2) is 23.1. The number of carbonyl (C=O) groups is 2. The first kappa shape index (κ1) is 48.8. The number of aromatic nitrogens is 6. The number of pyridine rings is 1. The number of imidazole rings is 1. The highest BCUT2D eigenvalue weighted by molar-refractivity contribution is 5.95. The largest absolute Gasteiger partial charge is 0.475 e. The number of aryl methyl sites for hydroxylation is 1. The monoisotopic (exact) mass is 963 g/mol. The van der Waals surface area contributed by atoms with Crippen molar-refractivity contribution >= 4 is 45.8 Å². The lowest BCUT2D eigenvalue weighted by molar-refractivity contribution is -0.122. The van der Waals surface area contributed by atoms with Gasteiger partial charge >= 0.3 is 0 Å². The number of benzene rings is 3. The summed E-state index contributed by atoms with van der Waals surface area (Å²) in [5.41, 5.74) is 12.6. The van der Waals surface area contributed by atoms with E-state index in [1.807, 2.05) is 103 Å². The van der Waals surface area contributed by atoms with Gasteiger partial charge < -0.3 is 50.6 Å². The van der Waals surface area contributed by atoms with E-state index in [0.717, 1.165) is 54.3 Å². The van der Waals surface area contributed by atoms with Crippen molar-refractivity contribution in [2.75, 3.05) is 68.7 Å². The van der Waals surface area contributed by atoms with E-state index >= 15 is 0 Å². The molecule has 1 aliphatic heterocycles. The number of ether oxygens (including phenoxy) is 4. The standard InChI is InChI=1S/C53H61N11O7/c1-34(57-50(65)38-13-11-36(12-14-38)37-15-17-40(54)18-16-37)44-32-48(59-35(2)58-44)64-45-9-5-3-7-39(45)31-47(64)52(67)55-22-24-68-25-26-69-27-28-70-29-30-71-49-20-19-41(33-56-49)60-51(66)43-21-23-63-46-10-6-4-8-42(46)61-53(63)62-43/h4,6,8,10-21,23,32-34,39,45,47,51,60,66H,3,5,7,9,22,24-31,54H2,1-2H3,(H,55,67)(H,57,65)/t34-,39-,45-,47-,51?/m0/s1. The summed E-state index contributed by atoms with van der Waals surface area (Å²) in [4.78, 5) is 52.4. The van der Waals surface area contributed by atoms with Crippen LogP contribution in [0.3, 0.4) is 0 Å². The van der Waals surface area contributed by atoms with Crippen molar-refractivity contribution in [2.45, 2.75) is 70.3 Å². The Morgan fingerprint density at radius 3 is 2.28 bits per heavy atom. The number of rotatable bonds is 22. The molecule has 3 aromatic carbocycles. The second-order valence-corrected chi connectivity index (χ2v) is 17.9. The molecule has 1 unspecified atom stereocenters. The van der Waals surface area contributed by atoms with Crippen LogP contribution in [0.2, 0.25) is 0 Å². The van der Waals surface area contributed by atoms with E-state index in [-0.39, 0.29) is 23.9 Å². The highest BCUT2D eigenvalue weighted by atomic mass is 16.6. The minimum absolute atomic E-state index is 0.0469. The van der Waals surface area contributed by atoms with E-state index in [4.69, 9.17) is 34.6 Å². The lowest BCUT2D eigenvalue weighted by atomic mass is 9.84. The molecule has 2 aliphatic rings. The van der Waals surface area contributed by atoms with Crippen LogP contribution in [0, 0.1) is 12.8 Å². The molecule has 0 bridgehead atoms. The molecule has 0 radical (unpaired) electrons. The molecule has 71 heavy (non-hydrogen) atoms. The van der Waals surface area contributed by atoms with Crippen molar-refractivity contribution in [1.29, 1.82) is 0 Å². The minimum Gasteiger partial charge on any atom is -0.475 e. The lowest BCUT2D eigenvalue weighted by Gasteiger charge is -2.35. The molecule has 18 nitrogen and oxygen atoms in total. The molecular weight excluding hydrogens is 903 g/mol. The third-order valence-electron chi connectivity index (χ3n) is 13.0. The Hall–Kier alpha value is -7.25. The molecule has 6 N–H and O–H groups in total. The smallest absolute Gasteiger partial charge is 0.251 e. The number of anilines is 3. The zero-order valence-electron chi connectivity index (χ0n) is 40.1. The normalized spacial score (nSPS) is 17.5. The first-order valence-corrected chi connectivity index (χ1v) is 24.4. The van der Waals surface area contributed by atoms with Gasteiger partial charge in [-0.15, -0.1) is 0 Å². The van der Waals surface area contributed by atoms with Crippen molar-refractivity contribution < 1.29 is 33.6 Å². The number of nitrogens with zero attached hydrogens (tertiary/aromatic N) is 7. The SMILES string of the molecule is Cc1nc([C@H](C)NC(=O)c2ccc(-c3ccc(N)cc3)cc2)cc(N2[C@H](C(=O)NCCOCCOCCOCCOc3ccc(NC(O)c4ccn5c(n4)nc4ccccc45)cn3)C[C@@H]3CCCC[C@@H]32)n1. The number of amides is 2. The van der Waals surface area contributed by atoms with Crippen molar-refractivity contribution in [2.24, 2.45) is 5.92 Å². The van der Waals surface area contributed by atoms with E-state index in [0.29, 0.717) is 110 Å². The van der Waals surface area contributed by atoms with Crippen molar-refractivity contribution in [3.8, 4) is 17.0 Å². The molecule has 1 saturated heterocycles. The Bertz CT molecular complexity index is 2880. The molecule has 5 atom stereocenters. The van der Waals surface area contributed by atoms with Crippen LogP contribution in [0.15, 0.2) is 109 Å². The number of nitrogens with two attached hydrogens (primary N) is 1. The van der Waals surface area contributed by atoms with Gasteiger partial charge in [0.05, 0.1) is 80.0 Å². The van der Waals surface area contributed by atoms with Crippen LogP contribution in [-0.4, -0.2) is 111 Å². The number of hydrogen-bond acceptors (Lipinski definition) is 15. The minimum atomic E-state index is -1.06. The predicted octanol–water partition coefficient (Wildman–Crippen LogP) is 6.60. The summed E-state index contributed by atoms with van der Waals surface area (Å²) in [5, 5.41) is 20.0. The Kier molecular flexibility index (Phi) is 15.9. The quantitative estimate of drug-likeness (QED) is 0.0274. The topological polar surface area (TPSA) is 225 Å². The van der Waals surface area contributed by atoms with Gasteiger partial charge in [0.15, 0.2) is 6.23 Å². The van der Waals surface area contributed by atoms with E-state index in [9.17, 15) is 14.7 Å². The molecule has 9 rings (SSSR count). The van der Waals surface area contributed by atoms with Gasteiger partial charge in [-0.25, -0.2) is 24.9 Å². The Morgan fingerprint density at radius 1 is 0.803 bits per heavy atom. The van der Waals surface area contributed by atoms with E-state index in [2.05, 4.69) is 35.8 Å². The first-order valence-electron chi connectivity index (χ1n) is 24.4. The predicted molar refractivity (Wildman–Crippen MR) is 270 cm³/mol. The van der Waals surface area contributed by atoms with Crippen molar-refractivity contribution in [3.63, 3.8) is 0 Å². The zero-order chi connectivity index (χ0) is 49.1. The number of fused-ring (bicyclic) bond motifs is 4. The summed E-state index contributed by atoms with van der Waals surface area (Å²) in [6, 6.07) is 29.5. The van der Waals surface area contributed by atoms with Crippen LogP contribution in [0.5, 0.6) is 5.88 Å². The number of aliphatic hydroxyl groups excluding tert-OH is 1. The summed E-state index contributed by atoms with van der Waals surface area (Å²) in [7, 11) is 0. The third kappa shape index (κ3) is 12.2. The molecule has 2 amide bonds. The maximum Gasteiger partial charge on any atom is 0.251 e. The summed E-state index contributed by atoms with van der Waals surface area (Å²) in [6.45, 7) is 6.71. The summed E-state index contributed by atoms with van der Waals surface area (Å²) in [5.74, 6) is 2.37. The van der Waals surface area contributed by atoms with Gasteiger partial charge in [0, 0.05) is 42.2 Å². The third-order valence-corrected chi connectivity index (χ3v) is 13.0.